The summed E-state index contributed by atoms with van der Waals surface area (Å²) in [5.74, 6) is 0.667. The summed E-state index contributed by atoms with van der Waals surface area (Å²) in [7, 11) is 0. The van der Waals surface area contributed by atoms with Gasteiger partial charge < -0.3 is 15.9 Å². The summed E-state index contributed by atoms with van der Waals surface area (Å²) in [6, 6.07) is 22.0. The van der Waals surface area contributed by atoms with Gasteiger partial charge in [0, 0.05) is 5.69 Å². The second-order valence-corrected chi connectivity index (χ2v) is 5.59. The Bertz CT molecular complexity index is 639. The molecular formula is C27H43NO2. The molecule has 0 bridgehead atoms. The Balaban J connectivity index is -0.000000323. The average Bonchev–Trinajstić information content (AvgIpc) is 2.75. The van der Waals surface area contributed by atoms with Crippen molar-refractivity contribution in [2.45, 2.75) is 62.3 Å². The number of nitrogens with two attached hydrogens (primary N) is 1. The van der Waals surface area contributed by atoms with Crippen molar-refractivity contribution in [2.75, 3.05) is 5.73 Å². The van der Waals surface area contributed by atoms with Crippen molar-refractivity contribution in [3.05, 3.63) is 89.5 Å². The van der Waals surface area contributed by atoms with E-state index in [9.17, 15) is 0 Å². The van der Waals surface area contributed by atoms with Crippen LogP contribution in [0.25, 0.3) is 0 Å². The zero-order valence-electron chi connectivity index (χ0n) is 20.4. The van der Waals surface area contributed by atoms with Gasteiger partial charge in [0.2, 0.25) is 0 Å². The molecule has 0 amide bonds. The van der Waals surface area contributed by atoms with E-state index in [0.29, 0.717) is 11.5 Å². The number of aromatic hydroxyl groups is 2. The molecule has 3 heteroatoms. The molecule has 0 saturated carbocycles. The first-order valence-corrected chi connectivity index (χ1v) is 10.7. The average molecular weight is 414 g/mol. The van der Waals surface area contributed by atoms with Crippen LogP contribution in [0.5, 0.6) is 11.5 Å². The molecule has 0 unspecified atom stereocenters. The molecule has 0 aliphatic heterocycles. The van der Waals surface area contributed by atoms with Gasteiger partial charge in [0.05, 0.1) is 0 Å². The maximum atomic E-state index is 8.81. The standard InChI is InChI=1S/C7H9N.2C7H8O.3C2H6/c1-6-3-2-4-7(8)5-6;1-6-2-4-7(8)5-3-6;1-6-3-2-4-7(8)5-6;3*1-2/h2-5H,8H2,1H3;2*2-5,8H,1H3;3*1-2H3. The predicted molar refractivity (Wildman–Crippen MR) is 135 cm³/mol. The predicted octanol–water partition coefficient (Wildman–Crippen LogP) is 8.06. The van der Waals surface area contributed by atoms with Gasteiger partial charge in [-0.05, 0) is 68.3 Å². The van der Waals surface area contributed by atoms with E-state index in [0.717, 1.165) is 11.3 Å². The van der Waals surface area contributed by atoms with Crippen LogP contribution in [0.3, 0.4) is 0 Å². The highest BCUT2D eigenvalue weighted by Gasteiger charge is 1.83. The summed E-state index contributed by atoms with van der Waals surface area (Å²) in [6.45, 7) is 18.0. The molecule has 0 saturated heterocycles. The smallest absolute Gasteiger partial charge is 0.115 e. The molecule has 0 heterocycles. The topological polar surface area (TPSA) is 66.5 Å². The van der Waals surface area contributed by atoms with Crippen LogP contribution in [-0.2, 0) is 0 Å². The molecule has 0 atom stereocenters. The highest BCUT2D eigenvalue weighted by molar-refractivity contribution is 5.39. The van der Waals surface area contributed by atoms with Crippen molar-refractivity contribution in [2.24, 2.45) is 0 Å². The van der Waals surface area contributed by atoms with Gasteiger partial charge in [0.15, 0.2) is 0 Å². The Labute approximate surface area is 185 Å². The lowest BCUT2D eigenvalue weighted by molar-refractivity contribution is 0.474. The third-order valence-corrected chi connectivity index (χ3v) is 3.08. The highest BCUT2D eigenvalue weighted by atomic mass is 16.3. The number of phenols is 2. The molecule has 0 radical (unpaired) electrons. The molecule has 30 heavy (non-hydrogen) atoms. The molecule has 0 aromatic heterocycles. The Hall–Kier alpha value is -2.94. The molecule has 3 aromatic rings. The number of aryl methyl sites for hydroxylation is 3. The minimum Gasteiger partial charge on any atom is -0.508 e. The maximum absolute atomic E-state index is 8.81. The Kier molecular flexibility index (Phi) is 23.7. The second kappa shape index (κ2) is 22.4. The number of anilines is 1. The van der Waals surface area contributed by atoms with Gasteiger partial charge >= 0.3 is 0 Å². The van der Waals surface area contributed by atoms with E-state index in [4.69, 9.17) is 15.9 Å². The van der Waals surface area contributed by atoms with Crippen molar-refractivity contribution < 1.29 is 10.2 Å². The van der Waals surface area contributed by atoms with Gasteiger partial charge in [-0.25, -0.2) is 0 Å². The molecular weight excluding hydrogens is 370 g/mol. The summed E-state index contributed by atoms with van der Waals surface area (Å²) in [6.07, 6.45) is 0. The van der Waals surface area contributed by atoms with Crippen LogP contribution in [-0.4, -0.2) is 10.2 Å². The minimum atomic E-state index is 0.329. The van der Waals surface area contributed by atoms with Gasteiger partial charge in [-0.3, -0.25) is 0 Å². The lowest BCUT2D eigenvalue weighted by Gasteiger charge is -1.91. The fraction of sp³-hybridized carbons (Fsp3) is 0.333. The summed E-state index contributed by atoms with van der Waals surface area (Å²) in [5, 5.41) is 17.6. The lowest BCUT2D eigenvalue weighted by Crippen LogP contribution is -1.82. The van der Waals surface area contributed by atoms with Crippen LogP contribution < -0.4 is 5.73 Å². The highest BCUT2D eigenvalue weighted by Crippen LogP contribution is 2.08. The quantitative estimate of drug-likeness (QED) is 0.326. The van der Waals surface area contributed by atoms with E-state index in [1.165, 1.54) is 11.1 Å². The largest absolute Gasteiger partial charge is 0.508 e. The third-order valence-electron chi connectivity index (χ3n) is 3.08. The van der Waals surface area contributed by atoms with Gasteiger partial charge in [-0.15, -0.1) is 0 Å². The Morgan fingerprint density at radius 1 is 0.500 bits per heavy atom. The molecule has 0 aliphatic rings. The van der Waals surface area contributed by atoms with Crippen molar-refractivity contribution >= 4 is 5.69 Å². The van der Waals surface area contributed by atoms with Crippen LogP contribution in [0.4, 0.5) is 5.69 Å². The van der Waals surface area contributed by atoms with E-state index in [2.05, 4.69) is 0 Å². The first kappa shape index (κ1) is 31.7. The van der Waals surface area contributed by atoms with E-state index in [1.807, 2.05) is 111 Å². The minimum absolute atomic E-state index is 0.329. The molecule has 3 nitrogen and oxygen atoms in total. The van der Waals surface area contributed by atoms with Gasteiger partial charge in [-0.2, -0.15) is 0 Å². The maximum Gasteiger partial charge on any atom is 0.115 e. The summed E-state index contributed by atoms with van der Waals surface area (Å²) < 4.78 is 0. The number of phenolic OH excluding ortho intramolecular Hbond substituents is 2. The SMILES string of the molecule is CC.CC.CC.Cc1ccc(O)cc1.Cc1cccc(N)c1.Cc1cccc(O)c1. The molecule has 4 N–H and O–H groups in total. The van der Waals surface area contributed by atoms with Crippen LogP contribution >= 0.6 is 0 Å². The molecule has 3 aromatic carbocycles. The summed E-state index contributed by atoms with van der Waals surface area (Å²) >= 11 is 0. The van der Waals surface area contributed by atoms with Crippen LogP contribution in [0.15, 0.2) is 72.8 Å². The molecule has 3 rings (SSSR count). The van der Waals surface area contributed by atoms with Crippen molar-refractivity contribution in [3.63, 3.8) is 0 Å². The Morgan fingerprint density at radius 3 is 1.20 bits per heavy atom. The molecule has 0 fully saturated rings. The summed E-state index contributed by atoms with van der Waals surface area (Å²) in [5.41, 5.74) is 9.77. The zero-order valence-corrected chi connectivity index (χ0v) is 20.4. The van der Waals surface area contributed by atoms with Crippen molar-refractivity contribution in [1.29, 1.82) is 0 Å². The second-order valence-electron chi connectivity index (χ2n) is 5.59. The first-order valence-electron chi connectivity index (χ1n) is 10.7. The fourth-order valence-corrected chi connectivity index (χ4v) is 1.84. The van der Waals surface area contributed by atoms with Gasteiger partial charge in [-0.1, -0.05) is 83.5 Å². The third kappa shape index (κ3) is 19.8. The van der Waals surface area contributed by atoms with Crippen LogP contribution in [0, 0.1) is 20.8 Å². The number of hydrogen-bond acceptors (Lipinski definition) is 3. The molecule has 0 aliphatic carbocycles. The van der Waals surface area contributed by atoms with E-state index < -0.39 is 0 Å². The van der Waals surface area contributed by atoms with Gasteiger partial charge in [0.25, 0.3) is 0 Å². The first-order chi connectivity index (χ1) is 14.4. The van der Waals surface area contributed by atoms with E-state index in [1.54, 1.807) is 24.3 Å². The molecule has 0 spiro atoms. The normalized spacial score (nSPS) is 7.90. The number of benzene rings is 3. The lowest BCUT2D eigenvalue weighted by atomic mass is 10.2. The number of rotatable bonds is 0. The Morgan fingerprint density at radius 2 is 0.933 bits per heavy atom. The number of hydrogen-bond donors (Lipinski definition) is 3. The van der Waals surface area contributed by atoms with Crippen molar-refractivity contribution in [1.82, 2.24) is 0 Å². The molecule has 168 valence electrons. The monoisotopic (exact) mass is 413 g/mol. The van der Waals surface area contributed by atoms with Crippen LogP contribution in [0.1, 0.15) is 58.2 Å². The van der Waals surface area contributed by atoms with Crippen molar-refractivity contribution in [3.8, 4) is 11.5 Å². The van der Waals surface area contributed by atoms with Gasteiger partial charge in [0.1, 0.15) is 11.5 Å². The number of nitrogen functional groups attached to an aromatic ring is 1. The van der Waals surface area contributed by atoms with Crippen LogP contribution in [0.2, 0.25) is 0 Å². The fourth-order valence-electron chi connectivity index (χ4n) is 1.84. The van der Waals surface area contributed by atoms with E-state index >= 15 is 0 Å². The zero-order chi connectivity index (χ0) is 23.9. The summed E-state index contributed by atoms with van der Waals surface area (Å²) in [4.78, 5) is 0. The van der Waals surface area contributed by atoms with E-state index in [-0.39, 0.29) is 0 Å².